The minimum Gasteiger partial charge on any atom is -0.593 e. The van der Waals surface area contributed by atoms with Crippen molar-refractivity contribution in [1.82, 2.24) is 4.72 Å². The summed E-state index contributed by atoms with van der Waals surface area (Å²) in [5.41, 5.74) is 2.73. The van der Waals surface area contributed by atoms with Gasteiger partial charge in [-0.25, -0.2) is 0 Å². The van der Waals surface area contributed by atoms with Gasteiger partial charge in [-0.05, 0) is 32.1 Å². The number of hydrogen-bond acceptors (Lipinski definition) is 3. The monoisotopic (exact) mass is 325 g/mol. The number of rotatable bonds is 5. The van der Waals surface area contributed by atoms with Crippen LogP contribution in [0.1, 0.15) is 44.4 Å². The second kappa shape index (κ2) is 7.02. The van der Waals surface area contributed by atoms with E-state index in [0.717, 1.165) is 16.7 Å². The molecule has 0 fully saturated rings. The van der Waals surface area contributed by atoms with Gasteiger partial charge in [0.15, 0.2) is 10.9 Å². The summed E-state index contributed by atoms with van der Waals surface area (Å²) in [5.74, 6) is -1.14. The molecule has 0 bridgehead atoms. The van der Waals surface area contributed by atoms with E-state index in [0.29, 0.717) is 4.90 Å². The highest BCUT2D eigenvalue weighted by Gasteiger charge is 2.37. The van der Waals surface area contributed by atoms with Crippen LogP contribution in [0, 0.1) is 32.1 Å². The van der Waals surface area contributed by atoms with Crippen molar-refractivity contribution in [2.24, 2.45) is 11.3 Å². The lowest BCUT2D eigenvalue weighted by Gasteiger charge is -2.32. The molecule has 0 aliphatic rings. The van der Waals surface area contributed by atoms with Crippen molar-refractivity contribution in [2.45, 2.75) is 59.4 Å². The lowest BCUT2D eigenvalue weighted by Crippen LogP contribution is -2.48. The summed E-state index contributed by atoms with van der Waals surface area (Å²) >= 11 is -1.55. The number of carboxylic acid groups (broad SMARTS) is 1. The van der Waals surface area contributed by atoms with Gasteiger partial charge in [-0.2, -0.15) is 0 Å². The molecule has 1 aromatic carbocycles. The van der Waals surface area contributed by atoms with Gasteiger partial charge in [-0.3, -0.25) is 4.79 Å². The standard InChI is InChI=1S/C17H27NO3S/c1-10-8-11(2)15(12(3)9-10)22(21)18-14(16(19)20)13(4)17(5,6)7/h8-9,13-14,18H,1-7H3,(H,19,20)/t13?,14-,22?/m0/s1. The molecule has 0 saturated carbocycles. The molecule has 0 amide bonds. The lowest BCUT2D eigenvalue weighted by molar-refractivity contribution is -0.141. The first-order valence-electron chi connectivity index (χ1n) is 7.43. The summed E-state index contributed by atoms with van der Waals surface area (Å²) < 4.78 is 15.5. The third-order valence-electron chi connectivity index (χ3n) is 4.16. The zero-order valence-corrected chi connectivity index (χ0v) is 15.3. The van der Waals surface area contributed by atoms with Crippen LogP contribution in [0.5, 0.6) is 0 Å². The van der Waals surface area contributed by atoms with Gasteiger partial charge in [-0.15, -0.1) is 4.72 Å². The van der Waals surface area contributed by atoms with Crippen molar-refractivity contribution < 1.29 is 14.5 Å². The van der Waals surface area contributed by atoms with Crippen LogP contribution in [0.25, 0.3) is 0 Å². The van der Waals surface area contributed by atoms with Crippen molar-refractivity contribution in [3.05, 3.63) is 28.8 Å². The Morgan fingerprint density at radius 1 is 1.23 bits per heavy atom. The number of nitrogens with one attached hydrogen (secondary N) is 1. The van der Waals surface area contributed by atoms with Crippen molar-refractivity contribution >= 4 is 17.3 Å². The van der Waals surface area contributed by atoms with E-state index in [1.165, 1.54) is 0 Å². The van der Waals surface area contributed by atoms with Crippen LogP contribution in [0.2, 0.25) is 0 Å². The highest BCUT2D eigenvalue weighted by Crippen LogP contribution is 2.30. The smallest absolute Gasteiger partial charge is 0.325 e. The first kappa shape index (κ1) is 19.0. The van der Waals surface area contributed by atoms with E-state index in [9.17, 15) is 14.5 Å². The largest absolute Gasteiger partial charge is 0.593 e. The van der Waals surface area contributed by atoms with Gasteiger partial charge in [0.2, 0.25) is 0 Å². The molecule has 124 valence electrons. The Morgan fingerprint density at radius 2 is 1.68 bits per heavy atom. The Labute approximate surface area is 136 Å². The normalized spacial score (nSPS) is 16.2. The number of hydrogen-bond donors (Lipinski definition) is 2. The first-order chi connectivity index (χ1) is 9.95. The molecule has 0 aromatic heterocycles. The zero-order valence-electron chi connectivity index (χ0n) is 14.5. The molecule has 5 heteroatoms. The van der Waals surface area contributed by atoms with E-state index in [1.54, 1.807) is 0 Å². The Morgan fingerprint density at radius 3 is 2.05 bits per heavy atom. The average Bonchev–Trinajstić information content (AvgIpc) is 2.32. The van der Waals surface area contributed by atoms with Crippen LogP contribution < -0.4 is 4.72 Å². The summed E-state index contributed by atoms with van der Waals surface area (Å²) in [7, 11) is 0. The molecule has 0 aliphatic carbocycles. The highest BCUT2D eigenvalue weighted by atomic mass is 32.2. The summed E-state index contributed by atoms with van der Waals surface area (Å²) in [6.45, 7) is 13.6. The highest BCUT2D eigenvalue weighted by molar-refractivity contribution is 7.89. The van der Waals surface area contributed by atoms with Gasteiger partial charge in [0.25, 0.3) is 0 Å². The Kier molecular flexibility index (Phi) is 6.07. The fraction of sp³-hybridized carbons (Fsp3) is 0.588. The van der Waals surface area contributed by atoms with E-state index in [1.807, 2.05) is 60.6 Å². The molecule has 22 heavy (non-hydrogen) atoms. The third-order valence-corrected chi connectivity index (χ3v) is 5.64. The number of carbonyl (C=O) groups is 1. The van der Waals surface area contributed by atoms with Crippen molar-refractivity contribution in [1.29, 1.82) is 0 Å². The van der Waals surface area contributed by atoms with Gasteiger partial charge < -0.3 is 9.66 Å². The quantitative estimate of drug-likeness (QED) is 0.814. The molecule has 0 heterocycles. The van der Waals surface area contributed by atoms with Gasteiger partial charge in [0, 0.05) is 11.1 Å². The molecule has 0 radical (unpaired) electrons. The number of benzene rings is 1. The minimum atomic E-state index is -1.55. The second-order valence-corrected chi connectivity index (χ2v) is 8.27. The topological polar surface area (TPSA) is 72.4 Å². The van der Waals surface area contributed by atoms with Gasteiger partial charge in [-0.1, -0.05) is 45.4 Å². The fourth-order valence-electron chi connectivity index (χ4n) is 2.50. The van der Waals surface area contributed by atoms with Crippen LogP contribution in [0.4, 0.5) is 0 Å². The summed E-state index contributed by atoms with van der Waals surface area (Å²) in [6.07, 6.45) is 0. The van der Waals surface area contributed by atoms with Crippen LogP contribution in [0.15, 0.2) is 17.0 Å². The molecule has 4 nitrogen and oxygen atoms in total. The van der Waals surface area contributed by atoms with E-state index in [-0.39, 0.29) is 11.3 Å². The van der Waals surface area contributed by atoms with Gasteiger partial charge >= 0.3 is 5.97 Å². The molecule has 1 rings (SSSR count). The maximum atomic E-state index is 12.7. The Balaban J connectivity index is 3.08. The summed E-state index contributed by atoms with van der Waals surface area (Å²) in [5, 5.41) is 9.49. The van der Waals surface area contributed by atoms with Crippen molar-refractivity contribution in [2.75, 3.05) is 0 Å². The summed E-state index contributed by atoms with van der Waals surface area (Å²) in [6, 6.07) is 3.07. The van der Waals surface area contributed by atoms with Gasteiger partial charge in [0.05, 0.1) is 11.4 Å². The average molecular weight is 325 g/mol. The van der Waals surface area contributed by atoms with E-state index >= 15 is 0 Å². The molecule has 2 unspecified atom stereocenters. The number of carboxylic acids is 1. The predicted octanol–water partition coefficient (Wildman–Crippen LogP) is 3.36. The number of aliphatic carboxylic acids is 1. The lowest BCUT2D eigenvalue weighted by atomic mass is 9.78. The van der Waals surface area contributed by atoms with Crippen LogP contribution in [-0.2, 0) is 16.2 Å². The van der Waals surface area contributed by atoms with Crippen LogP contribution in [-0.4, -0.2) is 21.7 Å². The minimum absolute atomic E-state index is 0.167. The molecule has 2 N–H and O–H groups in total. The zero-order chi connectivity index (χ0) is 17.2. The predicted molar refractivity (Wildman–Crippen MR) is 90.2 cm³/mol. The van der Waals surface area contributed by atoms with E-state index in [4.69, 9.17) is 0 Å². The van der Waals surface area contributed by atoms with Crippen LogP contribution >= 0.6 is 0 Å². The maximum absolute atomic E-state index is 12.7. The molecule has 1 aromatic rings. The first-order valence-corrected chi connectivity index (χ1v) is 8.58. The van der Waals surface area contributed by atoms with Crippen LogP contribution in [0.3, 0.4) is 0 Å². The fourth-order valence-corrected chi connectivity index (χ4v) is 3.86. The summed E-state index contributed by atoms with van der Waals surface area (Å²) in [4.78, 5) is 12.3. The SMILES string of the molecule is Cc1cc(C)c([S+]([O-])N[C@H](C(=O)O)C(C)C(C)(C)C)c(C)c1. The Bertz CT molecular complexity index is 528. The Hall–Kier alpha value is -1.04. The van der Waals surface area contributed by atoms with E-state index in [2.05, 4.69) is 4.72 Å². The molecular weight excluding hydrogens is 298 g/mol. The molecule has 0 aliphatic heterocycles. The molecular formula is C17H27NO3S. The number of aryl methyl sites for hydroxylation is 3. The third kappa shape index (κ3) is 4.48. The molecule has 0 spiro atoms. The van der Waals surface area contributed by atoms with E-state index < -0.39 is 23.4 Å². The van der Waals surface area contributed by atoms with Crippen molar-refractivity contribution in [3.63, 3.8) is 0 Å². The van der Waals surface area contributed by atoms with Crippen molar-refractivity contribution in [3.8, 4) is 0 Å². The molecule has 3 atom stereocenters. The van der Waals surface area contributed by atoms with Gasteiger partial charge in [0.1, 0.15) is 0 Å². The molecule has 0 saturated heterocycles. The maximum Gasteiger partial charge on any atom is 0.325 e. The second-order valence-electron chi connectivity index (χ2n) is 7.09.